The van der Waals surface area contributed by atoms with Gasteiger partial charge in [-0.15, -0.1) is 0 Å². The topological polar surface area (TPSA) is 73.2 Å². The van der Waals surface area contributed by atoms with Crippen LogP contribution < -0.4 is 10.2 Å². The number of hydrogen-bond donors (Lipinski definition) is 1. The average molecular weight is 472 g/mol. The zero-order valence-corrected chi connectivity index (χ0v) is 19.1. The number of nitriles is 1. The highest BCUT2D eigenvalue weighted by Gasteiger charge is 2.40. The van der Waals surface area contributed by atoms with Crippen molar-refractivity contribution in [3.05, 3.63) is 112 Å². The fraction of sp³-hybridized carbons (Fsp3) is 0.148. The maximum Gasteiger partial charge on any atom is 0.264 e. The van der Waals surface area contributed by atoms with E-state index in [9.17, 15) is 19.2 Å². The monoisotopic (exact) mass is 471 g/mol. The Morgan fingerprint density at radius 2 is 1.59 bits per heavy atom. The summed E-state index contributed by atoms with van der Waals surface area (Å²) in [4.78, 5) is 27.7. The summed E-state index contributed by atoms with van der Waals surface area (Å²) in [6, 6.07) is 26.7. The molecule has 7 heteroatoms. The number of nitrogens with zero attached hydrogens (tertiary/aromatic N) is 2. The van der Waals surface area contributed by atoms with Crippen LogP contribution in [0.2, 0.25) is 0 Å². The lowest BCUT2D eigenvalue weighted by atomic mass is 10.1. The molecule has 1 N–H and O–H groups in total. The number of halogens is 1. The zero-order valence-electron chi connectivity index (χ0n) is 18.3. The van der Waals surface area contributed by atoms with Gasteiger partial charge < -0.3 is 5.32 Å². The quantitative estimate of drug-likeness (QED) is 0.403. The van der Waals surface area contributed by atoms with Gasteiger partial charge in [-0.1, -0.05) is 72.4 Å². The molecule has 0 aromatic heterocycles. The highest BCUT2D eigenvalue weighted by Crippen LogP contribution is 2.41. The van der Waals surface area contributed by atoms with Gasteiger partial charge in [-0.3, -0.25) is 14.5 Å². The standard InChI is InChI=1S/C27H22FN3O2S/c28-21-11-13-22(14-12-21)31-26(33)24(17-20-9-5-2-6-10-20)34-27(31)23(18-29)25(32)30-16-15-19-7-3-1-4-8-19/h1-14,24H,15-17H2,(H,30,32)/b27-23-. The second-order valence-corrected chi connectivity index (χ2v) is 8.92. The lowest BCUT2D eigenvalue weighted by Crippen LogP contribution is -2.32. The summed E-state index contributed by atoms with van der Waals surface area (Å²) < 4.78 is 13.5. The van der Waals surface area contributed by atoms with Crippen molar-refractivity contribution >= 4 is 29.3 Å². The van der Waals surface area contributed by atoms with Crippen molar-refractivity contribution in [2.24, 2.45) is 0 Å². The summed E-state index contributed by atoms with van der Waals surface area (Å²) in [5, 5.41) is 12.4. The Balaban J connectivity index is 1.61. The maximum absolute atomic E-state index is 13.5. The van der Waals surface area contributed by atoms with Crippen LogP contribution in [-0.4, -0.2) is 23.6 Å². The molecule has 3 aromatic carbocycles. The molecule has 3 aromatic rings. The summed E-state index contributed by atoms with van der Waals surface area (Å²) in [5.41, 5.74) is 2.32. The molecule has 1 aliphatic heterocycles. The summed E-state index contributed by atoms with van der Waals surface area (Å²) >= 11 is 1.19. The Morgan fingerprint density at radius 3 is 2.21 bits per heavy atom. The molecular weight excluding hydrogens is 449 g/mol. The van der Waals surface area contributed by atoms with Crippen LogP contribution in [0.1, 0.15) is 11.1 Å². The van der Waals surface area contributed by atoms with Gasteiger partial charge in [0.2, 0.25) is 5.91 Å². The van der Waals surface area contributed by atoms with Crippen LogP contribution in [0.4, 0.5) is 10.1 Å². The van der Waals surface area contributed by atoms with Crippen LogP contribution in [0, 0.1) is 17.1 Å². The first-order valence-electron chi connectivity index (χ1n) is 10.8. The second kappa shape index (κ2) is 10.8. The van der Waals surface area contributed by atoms with Crippen LogP contribution in [-0.2, 0) is 22.4 Å². The molecular formula is C27H22FN3O2S. The lowest BCUT2D eigenvalue weighted by Gasteiger charge is -2.18. The predicted molar refractivity (Wildman–Crippen MR) is 131 cm³/mol. The van der Waals surface area contributed by atoms with Crippen LogP contribution in [0.25, 0.3) is 0 Å². The highest BCUT2D eigenvalue weighted by atomic mass is 32.2. The Morgan fingerprint density at radius 1 is 0.971 bits per heavy atom. The fourth-order valence-electron chi connectivity index (χ4n) is 3.69. The molecule has 1 fully saturated rings. The number of carbonyl (C=O) groups is 2. The van der Waals surface area contributed by atoms with Gasteiger partial charge in [-0.2, -0.15) is 5.26 Å². The molecule has 0 bridgehead atoms. The van der Waals surface area contributed by atoms with Crippen molar-refractivity contribution in [3.63, 3.8) is 0 Å². The van der Waals surface area contributed by atoms with Gasteiger partial charge in [-0.25, -0.2) is 4.39 Å². The van der Waals surface area contributed by atoms with E-state index in [-0.39, 0.29) is 16.5 Å². The highest BCUT2D eigenvalue weighted by molar-refractivity contribution is 8.05. The van der Waals surface area contributed by atoms with Crippen LogP contribution in [0.5, 0.6) is 0 Å². The van der Waals surface area contributed by atoms with E-state index in [0.717, 1.165) is 11.1 Å². The molecule has 2 amide bonds. The van der Waals surface area contributed by atoms with Crippen molar-refractivity contribution in [2.75, 3.05) is 11.4 Å². The van der Waals surface area contributed by atoms with Crippen molar-refractivity contribution in [2.45, 2.75) is 18.1 Å². The number of thioether (sulfide) groups is 1. The summed E-state index contributed by atoms with van der Waals surface area (Å²) in [5.74, 6) is -1.23. The van der Waals surface area contributed by atoms with E-state index in [0.29, 0.717) is 25.1 Å². The molecule has 0 radical (unpaired) electrons. The molecule has 1 saturated heterocycles. The van der Waals surface area contributed by atoms with Gasteiger partial charge in [0.25, 0.3) is 5.91 Å². The van der Waals surface area contributed by atoms with Gasteiger partial charge in [-0.05, 0) is 48.2 Å². The largest absolute Gasteiger partial charge is 0.351 e. The third-order valence-corrected chi connectivity index (χ3v) is 6.66. The van der Waals surface area contributed by atoms with E-state index >= 15 is 0 Å². The van der Waals surface area contributed by atoms with Crippen molar-refractivity contribution < 1.29 is 14.0 Å². The van der Waals surface area contributed by atoms with Gasteiger partial charge in [0.15, 0.2) is 0 Å². The molecule has 0 aliphatic carbocycles. The number of hydrogen-bond acceptors (Lipinski definition) is 4. The first-order valence-corrected chi connectivity index (χ1v) is 11.7. The van der Waals surface area contributed by atoms with E-state index < -0.39 is 17.0 Å². The van der Waals surface area contributed by atoms with E-state index in [4.69, 9.17) is 0 Å². The number of anilines is 1. The molecule has 170 valence electrons. The first-order chi connectivity index (χ1) is 16.6. The van der Waals surface area contributed by atoms with E-state index in [1.54, 1.807) is 0 Å². The molecule has 1 unspecified atom stereocenters. The summed E-state index contributed by atoms with van der Waals surface area (Å²) in [7, 11) is 0. The number of carbonyl (C=O) groups excluding carboxylic acids is 2. The number of nitrogens with one attached hydrogen (secondary N) is 1. The molecule has 1 aliphatic rings. The number of benzene rings is 3. The summed E-state index contributed by atoms with van der Waals surface area (Å²) in [6.45, 7) is 0.351. The van der Waals surface area contributed by atoms with Crippen LogP contribution in [0.15, 0.2) is 95.5 Å². The molecule has 0 spiro atoms. The van der Waals surface area contributed by atoms with Crippen LogP contribution in [0.3, 0.4) is 0 Å². The van der Waals surface area contributed by atoms with E-state index in [1.807, 2.05) is 66.7 Å². The summed E-state index contributed by atoms with van der Waals surface area (Å²) in [6.07, 6.45) is 1.06. The Labute approximate surface area is 201 Å². The molecule has 1 heterocycles. The Kier molecular flexibility index (Phi) is 7.41. The predicted octanol–water partition coefficient (Wildman–Crippen LogP) is 4.61. The normalized spacial score (nSPS) is 16.8. The number of rotatable bonds is 7. The third kappa shape index (κ3) is 5.36. The molecule has 0 saturated carbocycles. The Hall–Kier alpha value is -3.89. The molecule has 4 rings (SSSR count). The van der Waals surface area contributed by atoms with Crippen molar-refractivity contribution in [3.8, 4) is 6.07 Å². The third-order valence-electron chi connectivity index (χ3n) is 5.40. The zero-order chi connectivity index (χ0) is 23.9. The van der Waals surface area contributed by atoms with Gasteiger partial charge in [0, 0.05) is 12.2 Å². The van der Waals surface area contributed by atoms with E-state index in [2.05, 4.69) is 5.32 Å². The van der Waals surface area contributed by atoms with E-state index in [1.165, 1.54) is 40.9 Å². The molecule has 1 atom stereocenters. The van der Waals surface area contributed by atoms with Gasteiger partial charge in [0.05, 0.1) is 5.25 Å². The molecule has 5 nitrogen and oxygen atoms in total. The fourth-order valence-corrected chi connectivity index (χ4v) is 5.00. The lowest BCUT2D eigenvalue weighted by molar-refractivity contribution is -0.117. The minimum Gasteiger partial charge on any atom is -0.351 e. The number of amides is 2. The minimum atomic E-state index is -0.541. The van der Waals surface area contributed by atoms with Crippen molar-refractivity contribution in [1.82, 2.24) is 5.32 Å². The molecule has 34 heavy (non-hydrogen) atoms. The van der Waals surface area contributed by atoms with Crippen LogP contribution >= 0.6 is 11.8 Å². The second-order valence-electron chi connectivity index (χ2n) is 7.73. The minimum absolute atomic E-state index is 0.133. The average Bonchev–Trinajstić information content (AvgIpc) is 3.17. The van der Waals surface area contributed by atoms with Crippen molar-refractivity contribution in [1.29, 1.82) is 5.26 Å². The van der Waals surface area contributed by atoms with Gasteiger partial charge in [0.1, 0.15) is 22.5 Å². The maximum atomic E-state index is 13.5. The van der Waals surface area contributed by atoms with Gasteiger partial charge >= 0.3 is 0 Å². The SMILES string of the molecule is N#C/C(C(=O)NCCc1ccccc1)=C1/SC(Cc2ccccc2)C(=O)N1c1ccc(F)cc1. The first kappa shape index (κ1) is 23.3. The smallest absolute Gasteiger partial charge is 0.264 e. The Bertz CT molecular complexity index is 1240.